The maximum Gasteiger partial charge on any atom is 0.252 e. The summed E-state index contributed by atoms with van der Waals surface area (Å²) in [5, 5.41) is 1.85. The Morgan fingerprint density at radius 2 is 2.57 bits per heavy atom. The summed E-state index contributed by atoms with van der Waals surface area (Å²) in [5.74, 6) is -0.435. The third kappa shape index (κ3) is 2.48. The Morgan fingerprint density at radius 1 is 1.79 bits per heavy atom. The van der Waals surface area contributed by atoms with Gasteiger partial charge < -0.3 is 10.1 Å². The van der Waals surface area contributed by atoms with Crippen LogP contribution in [0.5, 0.6) is 5.75 Å². The van der Waals surface area contributed by atoms with Crippen LogP contribution in [0.4, 0.5) is 0 Å². The highest BCUT2D eigenvalue weighted by Gasteiger charge is 2.09. The number of ether oxygens (including phenoxy) is 1. The highest BCUT2D eigenvalue weighted by Crippen LogP contribution is 2.22. The van der Waals surface area contributed by atoms with Gasteiger partial charge in [-0.1, -0.05) is 0 Å². The van der Waals surface area contributed by atoms with E-state index >= 15 is 0 Å². The molecule has 0 aliphatic carbocycles. The Kier molecular flexibility index (Phi) is 2.06. The molecule has 0 radical (unpaired) electrons. The van der Waals surface area contributed by atoms with Gasteiger partial charge in [0.05, 0.1) is 12.7 Å². The zero-order chi connectivity index (χ0) is 14.8. The molecular formula is C10H12BrNO2. The quantitative estimate of drug-likeness (QED) is 0.907. The van der Waals surface area contributed by atoms with Crippen molar-refractivity contribution in [2.45, 2.75) is 6.85 Å². The maximum atomic E-state index is 11.9. The minimum atomic E-state index is -2.95. The third-order valence-corrected chi connectivity index (χ3v) is 2.29. The van der Waals surface area contributed by atoms with Gasteiger partial charge in [-0.3, -0.25) is 4.79 Å². The maximum absolute atomic E-state index is 11.9. The van der Waals surface area contributed by atoms with Crippen LogP contribution in [0.3, 0.4) is 0 Å². The van der Waals surface area contributed by atoms with Gasteiger partial charge >= 0.3 is 0 Å². The molecule has 0 aliphatic heterocycles. The summed E-state index contributed by atoms with van der Waals surface area (Å²) in [7, 11) is 1.42. The number of halogens is 1. The van der Waals surface area contributed by atoms with Gasteiger partial charge in [0.15, 0.2) is 0 Å². The van der Waals surface area contributed by atoms with Crippen LogP contribution in [0, 0.1) is 0 Å². The smallest absolute Gasteiger partial charge is 0.252 e. The molecule has 0 saturated heterocycles. The highest BCUT2D eigenvalue weighted by molar-refractivity contribution is 9.10. The Morgan fingerprint density at radius 3 is 3.21 bits per heavy atom. The van der Waals surface area contributed by atoms with Crippen LogP contribution in [0.25, 0.3) is 0 Å². The van der Waals surface area contributed by atoms with Crippen molar-refractivity contribution in [1.82, 2.24) is 5.32 Å². The summed E-state index contributed by atoms with van der Waals surface area (Å²) in [6.45, 7) is -5.76. The van der Waals surface area contributed by atoms with Crippen LogP contribution < -0.4 is 10.1 Å². The molecule has 3 nitrogen and oxygen atoms in total. The molecule has 1 amide bonds. The number of rotatable bonds is 3. The fourth-order valence-electron chi connectivity index (χ4n) is 0.929. The average molecular weight is 263 g/mol. The summed E-state index contributed by atoms with van der Waals surface area (Å²) < 4.78 is 41.2. The van der Waals surface area contributed by atoms with E-state index in [1.807, 2.05) is 5.32 Å². The minimum Gasteiger partial charge on any atom is -0.497 e. The monoisotopic (exact) mass is 262 g/mol. The normalized spacial score (nSPS) is 16.9. The molecule has 1 N–H and O–H groups in total. The molecule has 14 heavy (non-hydrogen) atoms. The van der Waals surface area contributed by atoms with E-state index in [1.54, 1.807) is 12.1 Å². The number of carbonyl (C=O) groups is 1. The average Bonchev–Trinajstić information content (AvgIpc) is 2.27. The first-order valence-electron chi connectivity index (χ1n) is 6.24. The lowest BCUT2D eigenvalue weighted by atomic mass is 10.2. The predicted octanol–water partition coefficient (Wildman–Crippen LogP) is 2.21. The van der Waals surface area contributed by atoms with Crippen molar-refractivity contribution < 1.29 is 16.4 Å². The molecule has 0 fully saturated rings. The number of methoxy groups -OCH3 is 1. The topological polar surface area (TPSA) is 38.3 Å². The van der Waals surface area contributed by atoms with Crippen LogP contribution in [-0.2, 0) is 0 Å². The lowest BCUT2D eigenvalue weighted by Crippen LogP contribution is -2.23. The Hall–Kier alpha value is -1.03. The van der Waals surface area contributed by atoms with Gasteiger partial charge in [0.25, 0.3) is 5.91 Å². The van der Waals surface area contributed by atoms with E-state index in [1.165, 1.54) is 13.2 Å². The van der Waals surface area contributed by atoms with Crippen LogP contribution in [-0.4, -0.2) is 19.5 Å². The zero-order valence-electron chi connectivity index (χ0n) is 12.4. The van der Waals surface area contributed by atoms with E-state index in [-0.39, 0.29) is 5.56 Å². The van der Waals surface area contributed by atoms with Crippen molar-refractivity contribution in [1.29, 1.82) is 0 Å². The summed E-state index contributed by atoms with van der Waals surface area (Å²) >= 11 is 3.14. The van der Waals surface area contributed by atoms with E-state index in [0.29, 0.717) is 10.2 Å². The molecule has 1 aromatic rings. The van der Waals surface area contributed by atoms with Crippen molar-refractivity contribution >= 4 is 21.8 Å². The molecule has 0 saturated carbocycles. The molecule has 0 aliphatic rings. The Labute approximate surface area is 98.6 Å². The number of nitrogens with one attached hydrogen (secondary N) is 1. The second-order valence-corrected chi connectivity index (χ2v) is 3.28. The Bertz CT molecular complexity index is 489. The van der Waals surface area contributed by atoms with Crippen LogP contribution in [0.1, 0.15) is 24.1 Å². The Balaban J connectivity index is 3.02. The van der Waals surface area contributed by atoms with Crippen molar-refractivity contribution in [2.24, 2.45) is 0 Å². The van der Waals surface area contributed by atoms with Gasteiger partial charge in [0, 0.05) is 17.8 Å². The largest absolute Gasteiger partial charge is 0.497 e. The molecule has 4 heteroatoms. The number of hydrogen-bond acceptors (Lipinski definition) is 2. The number of hydrogen-bond donors (Lipinski definition) is 1. The summed E-state index contributed by atoms with van der Waals surface area (Å²) in [6, 6.07) is 4.55. The van der Waals surface area contributed by atoms with E-state index < -0.39 is 19.3 Å². The van der Waals surface area contributed by atoms with Crippen molar-refractivity contribution in [3.8, 4) is 5.75 Å². The van der Waals surface area contributed by atoms with Crippen LogP contribution >= 0.6 is 15.9 Å². The van der Waals surface area contributed by atoms with Crippen molar-refractivity contribution in [3.05, 3.63) is 28.2 Å². The van der Waals surface area contributed by atoms with Crippen molar-refractivity contribution in [2.75, 3.05) is 13.6 Å². The first-order valence-corrected chi connectivity index (χ1v) is 4.54. The summed E-state index contributed by atoms with van der Waals surface area (Å²) in [6.07, 6.45) is 0. The molecule has 0 aromatic heterocycles. The van der Waals surface area contributed by atoms with Gasteiger partial charge in [-0.2, -0.15) is 0 Å². The molecule has 1 rings (SSSR count). The predicted molar refractivity (Wildman–Crippen MR) is 58.7 cm³/mol. The molecule has 0 unspecified atom stereocenters. The first-order chi connectivity index (χ1) is 8.58. The second kappa shape index (κ2) is 5.00. The van der Waals surface area contributed by atoms with Crippen LogP contribution in [0.2, 0.25) is 0 Å². The van der Waals surface area contributed by atoms with Gasteiger partial charge in [-0.25, -0.2) is 0 Å². The first kappa shape index (κ1) is 5.75. The minimum absolute atomic E-state index is 0.0903. The number of benzene rings is 1. The molecule has 0 atom stereocenters. The SMILES string of the molecule is [2H]C([2H])([2H])C([2H])([2H])NC(=O)c1cc(OC)ccc1Br. The van der Waals surface area contributed by atoms with E-state index in [2.05, 4.69) is 15.9 Å². The summed E-state index contributed by atoms with van der Waals surface area (Å²) in [4.78, 5) is 11.9. The molecule has 0 bridgehead atoms. The van der Waals surface area contributed by atoms with Gasteiger partial charge in [0.2, 0.25) is 0 Å². The molecular weight excluding hydrogens is 246 g/mol. The lowest BCUT2D eigenvalue weighted by molar-refractivity contribution is 0.0954. The fraction of sp³-hybridized carbons (Fsp3) is 0.300. The summed E-state index contributed by atoms with van der Waals surface area (Å²) in [5.41, 5.74) is 0.0903. The number of amides is 1. The lowest BCUT2D eigenvalue weighted by Gasteiger charge is -2.06. The van der Waals surface area contributed by atoms with Gasteiger partial charge in [0.1, 0.15) is 5.75 Å². The third-order valence-electron chi connectivity index (χ3n) is 1.59. The fourth-order valence-corrected chi connectivity index (χ4v) is 1.36. The highest BCUT2D eigenvalue weighted by atomic mass is 79.9. The molecule has 0 heterocycles. The molecule has 76 valence electrons. The van der Waals surface area contributed by atoms with E-state index in [9.17, 15) is 4.79 Å². The second-order valence-electron chi connectivity index (χ2n) is 2.42. The van der Waals surface area contributed by atoms with Gasteiger partial charge in [-0.05, 0) is 41.0 Å². The van der Waals surface area contributed by atoms with Gasteiger partial charge in [-0.15, -0.1) is 0 Å². The number of carbonyl (C=O) groups excluding carboxylic acids is 1. The van der Waals surface area contributed by atoms with E-state index in [0.717, 1.165) is 0 Å². The zero-order valence-corrected chi connectivity index (χ0v) is 9.01. The molecule has 0 spiro atoms. The standard InChI is InChI=1S/C10H12BrNO2/c1-3-12-10(13)8-6-7(14-2)4-5-9(8)11/h4-6H,3H2,1-2H3,(H,12,13)/i1D3,3D2. The van der Waals surface area contributed by atoms with Crippen LogP contribution in [0.15, 0.2) is 22.7 Å². The molecule has 1 aromatic carbocycles. The van der Waals surface area contributed by atoms with Crippen molar-refractivity contribution in [3.63, 3.8) is 0 Å². The van der Waals surface area contributed by atoms with E-state index in [4.69, 9.17) is 11.6 Å².